The summed E-state index contributed by atoms with van der Waals surface area (Å²) in [4.78, 5) is 129. The minimum Gasteiger partial charge on any atom is -0.462 e. The van der Waals surface area contributed by atoms with Gasteiger partial charge >= 0.3 is 39.5 Å². The maximum absolute atomic E-state index is 15.1. The van der Waals surface area contributed by atoms with E-state index >= 15 is 4.79 Å². The van der Waals surface area contributed by atoms with Crippen LogP contribution in [0.1, 0.15) is 491 Å². The average molecular weight is 1880 g/mol. The van der Waals surface area contributed by atoms with Crippen molar-refractivity contribution in [3.05, 3.63) is 12.2 Å². The molecule has 129 heavy (non-hydrogen) atoms. The van der Waals surface area contributed by atoms with Gasteiger partial charge in [-0.15, -0.1) is 0 Å². The Morgan fingerprint density at radius 2 is 0.628 bits per heavy atom. The van der Waals surface area contributed by atoms with Gasteiger partial charge in [0.1, 0.15) is 48.7 Å². The zero-order valence-electron chi connectivity index (χ0n) is 81.6. The summed E-state index contributed by atoms with van der Waals surface area (Å²) in [6, 6.07) is -3.88. The molecule has 0 radical (unpaired) electrons. The molecule has 758 valence electrons. The number of esters is 4. The van der Waals surface area contributed by atoms with E-state index in [1.807, 2.05) is 0 Å². The van der Waals surface area contributed by atoms with Crippen LogP contribution in [-0.4, -0.2) is 175 Å². The van der Waals surface area contributed by atoms with Crippen molar-refractivity contribution in [3.8, 4) is 0 Å². The third-order valence-electron chi connectivity index (χ3n) is 25.0. The molecular weight excluding hydrogens is 1690 g/mol. The number of aliphatic hydroxyl groups excluding tert-OH is 4. The lowest BCUT2D eigenvalue weighted by molar-refractivity contribution is -0.296. The van der Waals surface area contributed by atoms with E-state index in [1.165, 1.54) is 96.3 Å². The predicted molar refractivity (Wildman–Crippen MR) is 508 cm³/mol. The number of aliphatic hydroxyl groups is 4. The highest BCUT2D eigenvalue weighted by molar-refractivity contribution is 7.46. The molecular formula is C100H188N2O25P2. The van der Waals surface area contributed by atoms with Crippen LogP contribution in [-0.2, 0) is 80.1 Å². The molecule has 27 nitrogen and oxygen atoms in total. The number of rotatable bonds is 89. The Morgan fingerprint density at radius 3 is 0.961 bits per heavy atom. The van der Waals surface area contributed by atoms with Crippen molar-refractivity contribution in [2.75, 3.05) is 13.2 Å². The SMILES string of the molecule is CCCCCC/C=C\CCCCCCCC(=O)O[C@H](CCCCCCCCCCC)CC(=O)NC1[C@H](OCC2OC(OP(=O)(O)O)C(NC(=O)C[C@@H](CCCCCCCCCCC)OC(=O)CCCCCCCCCCCCCCC)[C@@H](OC(=O)C[C@H](O)CCCCCCCCCCC)[C@@H]2O)OC(CO)[C@@H](OP(=O)(O)O)[C@@H]1OC(=O)C[C@H](O)CCCCCCCCCCC. The summed E-state index contributed by atoms with van der Waals surface area (Å²) in [7, 11) is -11.4. The Balaban J connectivity index is 2.78. The average Bonchev–Trinajstić information content (AvgIpc) is 0.777. The number of phosphoric acid groups is 2. The van der Waals surface area contributed by atoms with Gasteiger partial charge in [0, 0.05) is 12.8 Å². The van der Waals surface area contributed by atoms with Crippen molar-refractivity contribution >= 4 is 51.3 Å². The third-order valence-corrected chi connectivity index (χ3v) is 26.0. The molecule has 2 saturated heterocycles. The van der Waals surface area contributed by atoms with Gasteiger partial charge in [0.05, 0.1) is 51.1 Å². The molecule has 2 fully saturated rings. The van der Waals surface area contributed by atoms with Gasteiger partial charge in [0.25, 0.3) is 0 Å². The normalized spacial score (nSPS) is 20.0. The molecule has 0 aromatic rings. The van der Waals surface area contributed by atoms with Crippen molar-refractivity contribution in [1.82, 2.24) is 10.6 Å². The summed E-state index contributed by atoms with van der Waals surface area (Å²) in [5.41, 5.74) is 0. The van der Waals surface area contributed by atoms with E-state index in [4.69, 9.17) is 42.2 Å². The molecule has 0 saturated carbocycles. The van der Waals surface area contributed by atoms with Crippen molar-refractivity contribution in [3.63, 3.8) is 0 Å². The highest BCUT2D eigenvalue weighted by Gasteiger charge is 2.55. The molecule has 29 heteroatoms. The van der Waals surface area contributed by atoms with Gasteiger partial charge in [-0.05, 0) is 77.0 Å². The van der Waals surface area contributed by atoms with E-state index in [0.717, 1.165) is 250 Å². The summed E-state index contributed by atoms with van der Waals surface area (Å²) in [5, 5.41) is 52.0. The second kappa shape index (κ2) is 80.6. The fourth-order valence-corrected chi connectivity index (χ4v) is 18.4. The van der Waals surface area contributed by atoms with Crippen molar-refractivity contribution in [1.29, 1.82) is 0 Å². The Labute approximate surface area is 780 Å². The van der Waals surface area contributed by atoms with Crippen molar-refractivity contribution in [2.45, 2.75) is 577 Å². The van der Waals surface area contributed by atoms with Crippen molar-refractivity contribution < 1.29 is 120 Å². The van der Waals surface area contributed by atoms with Crippen LogP contribution in [0.25, 0.3) is 0 Å². The molecule has 0 aliphatic carbocycles. The van der Waals surface area contributed by atoms with Gasteiger partial charge in [0.15, 0.2) is 24.8 Å². The maximum atomic E-state index is 15.1. The number of hydrogen-bond donors (Lipinski definition) is 10. The van der Waals surface area contributed by atoms with E-state index in [0.29, 0.717) is 38.5 Å². The summed E-state index contributed by atoms with van der Waals surface area (Å²) < 4.78 is 80.1. The van der Waals surface area contributed by atoms with Crippen LogP contribution in [0.4, 0.5) is 0 Å². The molecule has 10 N–H and O–H groups in total. The first kappa shape index (κ1) is 122. The second-order valence-electron chi connectivity index (χ2n) is 37.3. The minimum absolute atomic E-state index is 0.0766. The number of hydrogen-bond acceptors (Lipinski definition) is 21. The number of carbonyl (C=O) groups excluding carboxylic acids is 6. The number of ether oxygens (including phenoxy) is 7. The molecule has 2 aliphatic heterocycles. The number of phosphoric ester groups is 2. The lowest BCUT2D eigenvalue weighted by atomic mass is 9.95. The Morgan fingerprint density at radius 1 is 0.341 bits per heavy atom. The molecule has 2 amide bonds. The molecule has 0 spiro atoms. The van der Waals surface area contributed by atoms with Crippen LogP contribution >= 0.6 is 15.6 Å². The fraction of sp³-hybridized carbons (Fsp3) is 0.920. The molecule has 2 aliphatic rings. The number of amides is 2. The Bertz CT molecular complexity index is 2870. The summed E-state index contributed by atoms with van der Waals surface area (Å²) in [5.74, 6) is -5.02. The van der Waals surface area contributed by atoms with Crippen LogP contribution in [0.2, 0.25) is 0 Å². The topological polar surface area (TPSA) is 406 Å². The quantitative estimate of drug-likeness (QED) is 0.00889. The minimum atomic E-state index is -5.72. The van der Waals surface area contributed by atoms with Gasteiger partial charge in [0.2, 0.25) is 11.8 Å². The van der Waals surface area contributed by atoms with E-state index < -0.39 is 176 Å². The van der Waals surface area contributed by atoms with Crippen LogP contribution in [0, 0.1) is 0 Å². The number of carbonyl (C=O) groups is 6. The Kier molecular flexibility index (Phi) is 75.9. The highest BCUT2D eigenvalue weighted by atomic mass is 31.2. The standard InChI is InChI=1S/C100H188N2O25P2/c1-7-13-19-25-31-37-39-41-43-49-55-61-67-73-89(108)120-83(71-65-59-53-47-35-29-23-17-11-5)77-87(106)101-93-97(124-91(110)75-81(104)69-63-57-51-45-33-27-21-15-9-3)95(112)86(123-100(93)127-129(116,117)118)80-119-99-94(98(96(85(79-103)122-99)126-128(113,114)115)125-92(111)76-82(105)70-64-58-52-46-34-28-22-16-10-4)102-88(107)78-84(72-66-60-54-48-36-30-24-18-12-6)121-90(109)74-68-62-56-50-44-42-40-38-32-26-20-14-8-2/h38,40,81-86,93-100,103-105,112H,7-37,39,41-80H2,1-6H3,(H,101,106)(H,102,107)(H2,113,114,115)(H2,116,117,118)/b40-38-/t81-,82-,83-,84-,85?,86?,93?,94?,95-,96-,97-,98-,99-,100?/m1/s1. The lowest BCUT2D eigenvalue weighted by Crippen LogP contribution is -2.68. The van der Waals surface area contributed by atoms with Gasteiger partial charge in [-0.25, -0.2) is 9.13 Å². The van der Waals surface area contributed by atoms with E-state index in [2.05, 4.69) is 64.3 Å². The first-order chi connectivity index (χ1) is 62.3. The summed E-state index contributed by atoms with van der Waals surface area (Å²) in [6.07, 6.45) is 43.3. The molecule has 14 atom stereocenters. The predicted octanol–water partition coefficient (Wildman–Crippen LogP) is 22.7. The Hall–Kier alpha value is -3.50. The molecule has 0 aromatic heterocycles. The summed E-state index contributed by atoms with van der Waals surface area (Å²) in [6.45, 7) is 10.9. The molecule has 0 aromatic carbocycles. The van der Waals surface area contributed by atoms with Crippen LogP contribution in [0.15, 0.2) is 12.2 Å². The zero-order valence-corrected chi connectivity index (χ0v) is 83.4. The second-order valence-corrected chi connectivity index (χ2v) is 39.7. The first-order valence-corrected chi connectivity index (χ1v) is 55.4. The zero-order chi connectivity index (χ0) is 94.7. The number of allylic oxidation sites excluding steroid dienone is 2. The highest BCUT2D eigenvalue weighted by Crippen LogP contribution is 2.44. The van der Waals surface area contributed by atoms with E-state index in [9.17, 15) is 73.1 Å². The van der Waals surface area contributed by atoms with E-state index in [-0.39, 0.29) is 38.5 Å². The third kappa shape index (κ3) is 66.6. The van der Waals surface area contributed by atoms with E-state index in [1.54, 1.807) is 0 Å². The largest absolute Gasteiger partial charge is 0.472 e. The van der Waals surface area contributed by atoms with Gasteiger partial charge < -0.3 is 83.8 Å². The molecule has 2 rings (SSSR count). The number of nitrogens with one attached hydrogen (secondary N) is 2. The molecule has 0 bridgehead atoms. The smallest absolute Gasteiger partial charge is 0.462 e. The molecule has 5 unspecified atom stereocenters. The molecule has 2 heterocycles. The first-order valence-electron chi connectivity index (χ1n) is 52.4. The number of unbranched alkanes of at least 4 members (excludes halogenated alkanes) is 53. The van der Waals surface area contributed by atoms with Gasteiger partial charge in [-0.1, -0.05) is 388 Å². The monoisotopic (exact) mass is 1880 g/mol. The maximum Gasteiger partial charge on any atom is 0.472 e. The van der Waals surface area contributed by atoms with Crippen molar-refractivity contribution in [2.24, 2.45) is 0 Å². The lowest BCUT2D eigenvalue weighted by Gasteiger charge is -2.47. The van der Waals surface area contributed by atoms with Crippen LogP contribution in [0.3, 0.4) is 0 Å². The summed E-state index contributed by atoms with van der Waals surface area (Å²) >= 11 is 0. The fourth-order valence-electron chi connectivity index (χ4n) is 17.3. The van der Waals surface area contributed by atoms with Crippen LogP contribution < -0.4 is 10.6 Å². The van der Waals surface area contributed by atoms with Crippen LogP contribution in [0.5, 0.6) is 0 Å². The van der Waals surface area contributed by atoms with Gasteiger partial charge in [-0.2, -0.15) is 0 Å². The van der Waals surface area contributed by atoms with Gasteiger partial charge in [-0.3, -0.25) is 37.8 Å².